The van der Waals surface area contributed by atoms with E-state index in [4.69, 9.17) is 0 Å². The molecule has 4 nitrogen and oxygen atoms in total. The normalized spacial score (nSPS) is 16.1. The molecule has 1 aliphatic heterocycles. The summed E-state index contributed by atoms with van der Waals surface area (Å²) in [6.07, 6.45) is 0. The third kappa shape index (κ3) is 2.08. The Bertz CT molecular complexity index is 489. The summed E-state index contributed by atoms with van der Waals surface area (Å²) < 4.78 is 39.1. The second-order valence-electron chi connectivity index (χ2n) is 3.52. The molecule has 0 unspecified atom stereocenters. The van der Waals surface area contributed by atoms with Crippen molar-refractivity contribution < 1.29 is 22.8 Å². The van der Waals surface area contributed by atoms with Crippen LogP contribution in [0.25, 0.3) is 0 Å². The van der Waals surface area contributed by atoms with E-state index in [2.05, 4.69) is 0 Å². The first kappa shape index (κ1) is 11.4. The van der Waals surface area contributed by atoms with Crippen molar-refractivity contribution in [3.63, 3.8) is 0 Å². The smallest absolute Gasteiger partial charge is 0.246 e. The van der Waals surface area contributed by atoms with Crippen LogP contribution in [0, 0.1) is 17.5 Å². The van der Waals surface area contributed by atoms with Crippen LogP contribution in [0.1, 0.15) is 0 Å². The van der Waals surface area contributed by atoms with Gasteiger partial charge in [0.25, 0.3) is 0 Å². The minimum Gasteiger partial charge on any atom is -0.350 e. The van der Waals surface area contributed by atoms with Gasteiger partial charge >= 0.3 is 0 Å². The minimum atomic E-state index is -1.62. The molecule has 2 rings (SSSR count). The lowest BCUT2D eigenvalue weighted by molar-refractivity contribution is -0.130. The average Bonchev–Trinajstić information content (AvgIpc) is 2.24. The Labute approximate surface area is 94.0 Å². The zero-order valence-electron chi connectivity index (χ0n) is 8.47. The highest BCUT2D eigenvalue weighted by atomic mass is 19.2. The molecule has 2 amide bonds. The zero-order chi connectivity index (χ0) is 12.6. The molecule has 7 heteroatoms. The van der Waals surface area contributed by atoms with Crippen molar-refractivity contribution in [3.05, 3.63) is 29.6 Å². The summed E-state index contributed by atoms with van der Waals surface area (Å²) in [5, 5.41) is 2.01. The number of piperazine rings is 1. The first-order chi connectivity index (χ1) is 7.99. The Kier molecular flexibility index (Phi) is 2.74. The lowest BCUT2D eigenvalue weighted by Gasteiger charge is -2.27. The monoisotopic (exact) mass is 244 g/mol. The lowest BCUT2D eigenvalue weighted by atomic mass is 10.2. The molecule has 1 aliphatic rings. The second kappa shape index (κ2) is 4.08. The number of halogens is 3. The van der Waals surface area contributed by atoms with E-state index in [-0.39, 0.29) is 18.8 Å². The van der Waals surface area contributed by atoms with Crippen molar-refractivity contribution in [2.45, 2.75) is 0 Å². The van der Waals surface area contributed by atoms with Gasteiger partial charge in [-0.15, -0.1) is 0 Å². The predicted octanol–water partition coefficient (Wildman–Crippen LogP) is 0.567. The highest BCUT2D eigenvalue weighted by Gasteiger charge is 2.26. The first-order valence-electron chi connectivity index (χ1n) is 4.70. The number of hydrogen-bond acceptors (Lipinski definition) is 3. The average molecular weight is 244 g/mol. The Morgan fingerprint density at radius 3 is 2.18 bits per heavy atom. The quantitative estimate of drug-likeness (QED) is 0.580. The van der Waals surface area contributed by atoms with Crippen LogP contribution in [0.5, 0.6) is 0 Å². The highest BCUT2D eigenvalue weighted by Crippen LogP contribution is 2.23. The molecule has 90 valence electrons. The first-order valence-corrected chi connectivity index (χ1v) is 4.70. The number of carbonyl (C=O) groups excluding carboxylic acids is 2. The SMILES string of the molecule is O=C1CN(c2ccc(F)c(F)c2F)CC(=O)N1. The van der Waals surface area contributed by atoms with E-state index in [0.717, 1.165) is 17.0 Å². The molecule has 1 heterocycles. The van der Waals surface area contributed by atoms with Crippen LogP contribution in [0.2, 0.25) is 0 Å². The molecule has 0 radical (unpaired) electrons. The van der Waals surface area contributed by atoms with Crippen molar-refractivity contribution in [2.75, 3.05) is 18.0 Å². The maximum Gasteiger partial charge on any atom is 0.246 e. The molecule has 0 bridgehead atoms. The molecule has 1 saturated heterocycles. The van der Waals surface area contributed by atoms with E-state index in [1.807, 2.05) is 5.32 Å². The molecule has 1 fully saturated rings. The van der Waals surface area contributed by atoms with Crippen LogP contribution in [-0.4, -0.2) is 24.9 Å². The van der Waals surface area contributed by atoms with Crippen LogP contribution in [0.15, 0.2) is 12.1 Å². The molecule has 0 saturated carbocycles. The number of hydrogen-bond donors (Lipinski definition) is 1. The minimum absolute atomic E-state index is 0.284. The maximum absolute atomic E-state index is 13.4. The van der Waals surface area contributed by atoms with E-state index in [9.17, 15) is 22.8 Å². The topological polar surface area (TPSA) is 49.4 Å². The molecule has 1 aromatic carbocycles. The summed E-state index contributed by atoms with van der Waals surface area (Å²) >= 11 is 0. The molecular weight excluding hydrogens is 237 g/mol. The molecule has 17 heavy (non-hydrogen) atoms. The van der Waals surface area contributed by atoms with Gasteiger partial charge in [-0.1, -0.05) is 0 Å². The van der Waals surface area contributed by atoms with E-state index in [1.54, 1.807) is 0 Å². The van der Waals surface area contributed by atoms with Crippen LogP contribution < -0.4 is 10.2 Å². The fraction of sp³-hybridized carbons (Fsp3) is 0.200. The van der Waals surface area contributed by atoms with Crippen LogP contribution in [-0.2, 0) is 9.59 Å². The molecule has 1 N–H and O–H groups in total. The molecule has 0 spiro atoms. The van der Waals surface area contributed by atoms with Crippen molar-refractivity contribution in [3.8, 4) is 0 Å². The van der Waals surface area contributed by atoms with Gasteiger partial charge < -0.3 is 4.90 Å². The predicted molar refractivity (Wildman–Crippen MR) is 51.7 cm³/mol. The number of rotatable bonds is 1. The maximum atomic E-state index is 13.4. The van der Waals surface area contributed by atoms with E-state index in [0.29, 0.717) is 0 Å². The van der Waals surface area contributed by atoms with Gasteiger partial charge in [0.2, 0.25) is 11.8 Å². The van der Waals surface area contributed by atoms with E-state index < -0.39 is 29.3 Å². The largest absolute Gasteiger partial charge is 0.350 e. The van der Waals surface area contributed by atoms with Gasteiger partial charge in [0.15, 0.2) is 17.5 Å². The van der Waals surface area contributed by atoms with Gasteiger partial charge in [-0.2, -0.15) is 0 Å². The van der Waals surface area contributed by atoms with Gasteiger partial charge in [-0.25, -0.2) is 13.2 Å². The summed E-state index contributed by atoms with van der Waals surface area (Å²) in [6, 6.07) is 1.73. The molecule has 0 atom stereocenters. The van der Waals surface area contributed by atoms with Crippen LogP contribution >= 0.6 is 0 Å². The Morgan fingerprint density at radius 1 is 1.00 bits per heavy atom. The van der Waals surface area contributed by atoms with Gasteiger partial charge in [0, 0.05) is 0 Å². The summed E-state index contributed by atoms with van der Waals surface area (Å²) in [7, 11) is 0. The van der Waals surface area contributed by atoms with Gasteiger partial charge in [0.1, 0.15) is 0 Å². The van der Waals surface area contributed by atoms with E-state index >= 15 is 0 Å². The summed E-state index contributed by atoms with van der Waals surface area (Å²) in [5.74, 6) is -5.59. The van der Waals surface area contributed by atoms with Crippen molar-refractivity contribution in [1.82, 2.24) is 5.32 Å². The number of imide groups is 1. The van der Waals surface area contributed by atoms with Crippen LogP contribution in [0.3, 0.4) is 0 Å². The lowest BCUT2D eigenvalue weighted by Crippen LogP contribution is -2.51. The Morgan fingerprint density at radius 2 is 1.59 bits per heavy atom. The number of nitrogens with one attached hydrogen (secondary N) is 1. The Hall–Kier alpha value is -2.05. The zero-order valence-corrected chi connectivity index (χ0v) is 8.47. The molecule has 1 aromatic rings. The number of benzene rings is 1. The van der Waals surface area contributed by atoms with Gasteiger partial charge in [0.05, 0.1) is 18.8 Å². The summed E-state index contributed by atoms with van der Waals surface area (Å²) in [6.45, 7) is -0.568. The Balaban J connectivity index is 2.37. The van der Waals surface area contributed by atoms with E-state index in [1.165, 1.54) is 0 Å². The second-order valence-corrected chi connectivity index (χ2v) is 3.52. The fourth-order valence-electron chi connectivity index (χ4n) is 1.57. The van der Waals surface area contributed by atoms with Gasteiger partial charge in [-0.05, 0) is 12.1 Å². The highest BCUT2D eigenvalue weighted by molar-refractivity contribution is 6.02. The van der Waals surface area contributed by atoms with Crippen molar-refractivity contribution in [2.24, 2.45) is 0 Å². The summed E-state index contributed by atoms with van der Waals surface area (Å²) in [4.78, 5) is 23.2. The molecule has 0 aliphatic carbocycles. The van der Waals surface area contributed by atoms with Gasteiger partial charge in [-0.3, -0.25) is 14.9 Å². The molecular formula is C10H7F3N2O2. The number of anilines is 1. The molecule has 0 aromatic heterocycles. The van der Waals surface area contributed by atoms with Crippen molar-refractivity contribution >= 4 is 17.5 Å². The standard InChI is InChI=1S/C10H7F3N2O2/c11-5-1-2-6(10(13)9(5)12)15-3-7(16)14-8(17)4-15/h1-2H,3-4H2,(H,14,16,17). The number of carbonyl (C=O) groups is 2. The van der Waals surface area contributed by atoms with Crippen molar-refractivity contribution in [1.29, 1.82) is 0 Å². The third-order valence-corrected chi connectivity index (χ3v) is 2.30. The summed E-state index contributed by atoms with van der Waals surface area (Å²) in [5.41, 5.74) is -0.313. The number of nitrogens with zero attached hydrogens (tertiary/aromatic N) is 1. The third-order valence-electron chi connectivity index (χ3n) is 2.30. The van der Waals surface area contributed by atoms with Crippen LogP contribution in [0.4, 0.5) is 18.9 Å². The fourth-order valence-corrected chi connectivity index (χ4v) is 1.57. The number of amides is 2.